The number of carbonyl (C=O) groups excluding carboxylic acids is 1. The van der Waals surface area contributed by atoms with Gasteiger partial charge in [-0.3, -0.25) is 4.79 Å². The minimum atomic E-state index is -0.191. The van der Waals surface area contributed by atoms with Crippen LogP contribution >= 0.6 is 11.8 Å². The molecule has 2 fully saturated rings. The molecule has 0 radical (unpaired) electrons. The van der Waals surface area contributed by atoms with E-state index in [4.69, 9.17) is 0 Å². The van der Waals surface area contributed by atoms with Gasteiger partial charge in [-0.25, -0.2) is 0 Å². The Morgan fingerprint density at radius 1 is 1.34 bits per heavy atom. The van der Waals surface area contributed by atoms with E-state index < -0.39 is 0 Å². The minimum Gasteiger partial charge on any atom is -0.507 e. The SMILES string of the molecule is CNC(=O)/C=C/c1ccc(-c2ccc(S[C@H]3CC4CC[C@](C)(C3)N4)nn2)c(O)c1. The van der Waals surface area contributed by atoms with Crippen LogP contribution in [0.2, 0.25) is 0 Å². The molecule has 0 aliphatic carbocycles. The van der Waals surface area contributed by atoms with Crippen LogP contribution in [0.5, 0.6) is 5.75 Å². The number of nitrogens with one attached hydrogen (secondary N) is 2. The second-order valence-corrected chi connectivity index (χ2v) is 9.42. The van der Waals surface area contributed by atoms with E-state index in [1.807, 2.05) is 30.0 Å². The van der Waals surface area contributed by atoms with Gasteiger partial charge in [-0.15, -0.1) is 22.0 Å². The van der Waals surface area contributed by atoms with Gasteiger partial charge in [0, 0.05) is 35.5 Å². The summed E-state index contributed by atoms with van der Waals surface area (Å²) in [4.78, 5) is 11.3. The Hall–Kier alpha value is -2.38. The highest BCUT2D eigenvalue weighted by atomic mass is 32.2. The summed E-state index contributed by atoms with van der Waals surface area (Å²) >= 11 is 1.81. The van der Waals surface area contributed by atoms with E-state index in [1.54, 1.807) is 25.3 Å². The van der Waals surface area contributed by atoms with Gasteiger partial charge in [0.15, 0.2) is 0 Å². The lowest BCUT2D eigenvalue weighted by atomic mass is 9.93. The van der Waals surface area contributed by atoms with Crippen LogP contribution in [0.25, 0.3) is 17.3 Å². The Morgan fingerprint density at radius 3 is 2.90 bits per heavy atom. The van der Waals surface area contributed by atoms with E-state index in [0.717, 1.165) is 17.0 Å². The van der Waals surface area contributed by atoms with Crippen molar-refractivity contribution in [3.05, 3.63) is 42.0 Å². The molecule has 1 aromatic carbocycles. The number of fused-ring (bicyclic) bond motifs is 2. The van der Waals surface area contributed by atoms with E-state index in [-0.39, 0.29) is 17.2 Å². The first-order valence-electron chi connectivity index (χ1n) is 9.95. The number of thioether (sulfide) groups is 1. The summed E-state index contributed by atoms with van der Waals surface area (Å²) in [6.07, 6.45) is 7.94. The van der Waals surface area contributed by atoms with Gasteiger partial charge >= 0.3 is 0 Å². The van der Waals surface area contributed by atoms with Gasteiger partial charge in [0.05, 0.1) is 5.69 Å². The van der Waals surface area contributed by atoms with Crippen LogP contribution < -0.4 is 10.6 Å². The normalized spacial score (nSPS) is 26.0. The largest absolute Gasteiger partial charge is 0.507 e. The van der Waals surface area contributed by atoms with Crippen molar-refractivity contribution >= 4 is 23.7 Å². The van der Waals surface area contributed by atoms with Crippen molar-refractivity contribution in [2.75, 3.05) is 7.05 Å². The van der Waals surface area contributed by atoms with Crippen LogP contribution in [0.4, 0.5) is 0 Å². The van der Waals surface area contributed by atoms with Crippen molar-refractivity contribution < 1.29 is 9.90 Å². The van der Waals surface area contributed by atoms with E-state index >= 15 is 0 Å². The fourth-order valence-electron chi connectivity index (χ4n) is 4.28. The maximum absolute atomic E-state index is 11.3. The number of benzene rings is 1. The maximum atomic E-state index is 11.3. The Morgan fingerprint density at radius 2 is 2.21 bits per heavy atom. The smallest absolute Gasteiger partial charge is 0.243 e. The molecule has 3 heterocycles. The second-order valence-electron chi connectivity index (χ2n) is 8.10. The van der Waals surface area contributed by atoms with Crippen molar-refractivity contribution in [2.45, 2.75) is 54.5 Å². The predicted molar refractivity (Wildman–Crippen MR) is 116 cm³/mol. The maximum Gasteiger partial charge on any atom is 0.243 e. The summed E-state index contributed by atoms with van der Waals surface area (Å²) in [6, 6.07) is 9.77. The highest BCUT2D eigenvalue weighted by Gasteiger charge is 2.42. The van der Waals surface area contributed by atoms with E-state index in [1.165, 1.54) is 25.3 Å². The first-order valence-corrected chi connectivity index (χ1v) is 10.8. The number of likely N-dealkylation sites (N-methyl/N-ethyl adjacent to an activating group) is 1. The van der Waals surface area contributed by atoms with Gasteiger partial charge in [0.25, 0.3) is 0 Å². The number of rotatable bonds is 5. The Balaban J connectivity index is 1.44. The monoisotopic (exact) mass is 410 g/mol. The molecule has 1 amide bonds. The van der Waals surface area contributed by atoms with Gasteiger partial charge in [-0.05, 0) is 68.5 Å². The number of aromatic hydroxyl groups is 1. The lowest BCUT2D eigenvalue weighted by Crippen LogP contribution is -2.48. The number of amides is 1. The molecule has 29 heavy (non-hydrogen) atoms. The molecule has 3 N–H and O–H groups in total. The van der Waals surface area contributed by atoms with E-state index in [2.05, 4.69) is 27.8 Å². The average molecular weight is 411 g/mol. The number of phenols is 1. The molecule has 0 saturated carbocycles. The molecule has 2 bridgehead atoms. The lowest BCUT2D eigenvalue weighted by molar-refractivity contribution is -0.115. The number of phenolic OH excluding ortho intramolecular Hbond substituents is 1. The van der Waals surface area contributed by atoms with Crippen LogP contribution in [0, 0.1) is 0 Å². The number of piperidine rings is 1. The molecule has 3 atom stereocenters. The number of nitrogens with zero attached hydrogens (tertiary/aromatic N) is 2. The lowest BCUT2D eigenvalue weighted by Gasteiger charge is -2.35. The molecule has 2 saturated heterocycles. The van der Waals surface area contributed by atoms with Crippen molar-refractivity contribution in [3.8, 4) is 17.0 Å². The summed E-state index contributed by atoms with van der Waals surface area (Å²) in [6.45, 7) is 2.32. The molecule has 7 heteroatoms. The summed E-state index contributed by atoms with van der Waals surface area (Å²) in [5.74, 6) is -0.0788. The standard InChI is InChI=1S/C22H26N4O2S/c1-22-10-9-15(24-22)12-16(13-22)29-21-8-6-18(25-26-21)17-5-3-14(11-19(17)27)4-7-20(28)23-2/h3-8,11,15-16,24,27H,9-10,12-13H2,1-2H3,(H,23,28)/b7-4+/t15?,16-,22+/m0/s1. The molecule has 4 rings (SSSR count). The van der Waals surface area contributed by atoms with Crippen LogP contribution in [0.15, 0.2) is 41.4 Å². The first kappa shape index (κ1) is 19.9. The number of carbonyl (C=O) groups is 1. The van der Waals surface area contributed by atoms with Crippen molar-refractivity contribution in [3.63, 3.8) is 0 Å². The fraction of sp³-hybridized carbons (Fsp3) is 0.409. The third kappa shape index (κ3) is 4.62. The van der Waals surface area contributed by atoms with Gasteiger partial charge in [-0.1, -0.05) is 6.07 Å². The van der Waals surface area contributed by atoms with E-state index in [0.29, 0.717) is 22.5 Å². The molecular weight excluding hydrogens is 384 g/mol. The quantitative estimate of drug-likeness (QED) is 0.655. The second kappa shape index (κ2) is 8.16. The molecule has 1 unspecified atom stereocenters. The van der Waals surface area contributed by atoms with Gasteiger partial charge < -0.3 is 15.7 Å². The van der Waals surface area contributed by atoms with Gasteiger partial charge in [0.1, 0.15) is 10.8 Å². The van der Waals surface area contributed by atoms with Gasteiger partial charge in [-0.2, -0.15) is 0 Å². The molecule has 6 nitrogen and oxygen atoms in total. The number of aromatic nitrogens is 2. The average Bonchev–Trinajstić information content (AvgIpc) is 2.99. The molecular formula is C22H26N4O2S. The Bertz CT molecular complexity index is 931. The molecule has 2 aromatic rings. The Kier molecular flexibility index (Phi) is 5.61. The third-order valence-electron chi connectivity index (χ3n) is 5.72. The number of hydrogen-bond acceptors (Lipinski definition) is 6. The molecule has 152 valence electrons. The summed E-state index contributed by atoms with van der Waals surface area (Å²) in [7, 11) is 1.57. The topological polar surface area (TPSA) is 87.1 Å². The van der Waals surface area contributed by atoms with E-state index in [9.17, 15) is 9.90 Å². The fourth-order valence-corrected chi connectivity index (χ4v) is 5.64. The first-order chi connectivity index (χ1) is 13.9. The summed E-state index contributed by atoms with van der Waals surface area (Å²) in [5.41, 5.74) is 2.27. The van der Waals surface area contributed by atoms with Crippen molar-refractivity contribution in [1.29, 1.82) is 0 Å². The van der Waals surface area contributed by atoms with Crippen LogP contribution in [0.1, 0.15) is 38.2 Å². The molecule has 1 aromatic heterocycles. The Labute approximate surface area is 175 Å². The minimum absolute atomic E-state index is 0.113. The number of hydrogen-bond donors (Lipinski definition) is 3. The zero-order valence-electron chi connectivity index (χ0n) is 16.7. The van der Waals surface area contributed by atoms with Crippen molar-refractivity contribution in [1.82, 2.24) is 20.8 Å². The molecule has 0 spiro atoms. The zero-order chi connectivity index (χ0) is 20.4. The predicted octanol–water partition coefficient (Wildman–Crippen LogP) is 3.37. The summed E-state index contributed by atoms with van der Waals surface area (Å²) < 4.78 is 0. The highest BCUT2D eigenvalue weighted by Crippen LogP contribution is 2.42. The third-order valence-corrected chi connectivity index (χ3v) is 6.87. The van der Waals surface area contributed by atoms with Crippen molar-refractivity contribution in [2.24, 2.45) is 0 Å². The van der Waals surface area contributed by atoms with Crippen LogP contribution in [0.3, 0.4) is 0 Å². The zero-order valence-corrected chi connectivity index (χ0v) is 17.5. The van der Waals surface area contributed by atoms with Crippen LogP contribution in [-0.4, -0.2) is 45.1 Å². The highest BCUT2D eigenvalue weighted by molar-refractivity contribution is 7.99. The molecule has 2 aliphatic heterocycles. The van der Waals surface area contributed by atoms with Gasteiger partial charge in [0.2, 0.25) is 5.91 Å². The summed E-state index contributed by atoms with van der Waals surface area (Å²) in [5, 5.41) is 26.8. The molecule has 2 aliphatic rings. The van der Waals surface area contributed by atoms with Crippen LogP contribution in [-0.2, 0) is 4.79 Å².